The van der Waals surface area contributed by atoms with E-state index < -0.39 is 11.7 Å². The fourth-order valence-electron chi connectivity index (χ4n) is 3.82. The monoisotopic (exact) mass is 417 g/mol. The van der Waals surface area contributed by atoms with E-state index >= 15 is 0 Å². The Bertz CT molecular complexity index is 650. The predicted octanol–water partition coefficient (Wildman–Crippen LogP) is 3.65. The van der Waals surface area contributed by atoms with Crippen LogP contribution in [-0.4, -0.2) is 67.4 Å². The first-order chi connectivity index (χ1) is 13.3. The molecule has 0 atom stereocenters. The number of nitrogens with one attached hydrogen (secondary N) is 1. The Morgan fingerprint density at radius 3 is 2.29 bits per heavy atom. The minimum absolute atomic E-state index is 0.0364. The summed E-state index contributed by atoms with van der Waals surface area (Å²) in [6, 6.07) is 3.81. The number of rotatable bonds is 6. The maximum Gasteiger partial charge on any atom is 0.251 e. The van der Waals surface area contributed by atoms with Crippen molar-refractivity contribution in [2.75, 3.05) is 45.8 Å². The van der Waals surface area contributed by atoms with Crippen molar-refractivity contribution in [1.82, 2.24) is 15.1 Å². The molecule has 2 aliphatic rings. The molecule has 1 aromatic carbocycles. The molecule has 0 aliphatic carbocycles. The average Bonchev–Trinajstić information content (AvgIpc) is 2.65. The van der Waals surface area contributed by atoms with Crippen molar-refractivity contribution in [2.45, 2.75) is 31.6 Å². The molecule has 0 unspecified atom stereocenters. The van der Waals surface area contributed by atoms with Crippen LogP contribution in [-0.2, 0) is 0 Å². The van der Waals surface area contributed by atoms with Crippen molar-refractivity contribution in [2.24, 2.45) is 5.92 Å². The van der Waals surface area contributed by atoms with Crippen LogP contribution in [0, 0.1) is 11.7 Å². The second kappa shape index (κ2) is 9.46. The molecule has 0 radical (unpaired) electrons. The fraction of sp³-hybridized carbons (Fsp3) is 0.650. The highest BCUT2D eigenvalue weighted by atomic mass is 35.5. The maximum absolute atomic E-state index is 13.4. The average molecular weight is 418 g/mol. The van der Waals surface area contributed by atoms with Gasteiger partial charge in [-0.25, -0.2) is 13.2 Å². The molecule has 0 aromatic heterocycles. The first-order valence-corrected chi connectivity index (χ1v) is 10.3. The first-order valence-electron chi connectivity index (χ1n) is 9.87. The minimum Gasteiger partial charge on any atom is -0.352 e. The van der Waals surface area contributed by atoms with Crippen molar-refractivity contribution < 1.29 is 18.0 Å². The smallest absolute Gasteiger partial charge is 0.251 e. The summed E-state index contributed by atoms with van der Waals surface area (Å²) in [4.78, 5) is 16.7. The van der Waals surface area contributed by atoms with E-state index in [0.29, 0.717) is 25.6 Å². The van der Waals surface area contributed by atoms with Crippen molar-refractivity contribution in [3.05, 3.63) is 34.6 Å². The molecule has 0 spiro atoms. The van der Waals surface area contributed by atoms with Gasteiger partial charge in [-0.3, -0.25) is 4.79 Å². The molecule has 1 aromatic rings. The molecule has 2 heterocycles. The van der Waals surface area contributed by atoms with Crippen LogP contribution in [0.4, 0.5) is 13.2 Å². The molecule has 28 heavy (non-hydrogen) atoms. The lowest BCUT2D eigenvalue weighted by Crippen LogP contribution is -2.45. The molecule has 0 saturated carbocycles. The number of piperidine rings is 2. The number of alkyl halides is 2. The molecular weight excluding hydrogens is 391 g/mol. The Labute approximate surface area is 169 Å². The third-order valence-corrected chi connectivity index (χ3v) is 5.92. The summed E-state index contributed by atoms with van der Waals surface area (Å²) in [6.07, 6.45) is 1.88. The number of hydrogen-bond donors (Lipinski definition) is 1. The summed E-state index contributed by atoms with van der Waals surface area (Å²) in [5, 5.41) is 3.07. The largest absolute Gasteiger partial charge is 0.352 e. The van der Waals surface area contributed by atoms with Crippen LogP contribution in [0.3, 0.4) is 0 Å². The Morgan fingerprint density at radius 2 is 1.68 bits per heavy atom. The van der Waals surface area contributed by atoms with Gasteiger partial charge in [0.2, 0.25) is 0 Å². The topological polar surface area (TPSA) is 35.6 Å². The Morgan fingerprint density at radius 1 is 1.07 bits per heavy atom. The minimum atomic E-state index is -2.49. The lowest BCUT2D eigenvalue weighted by atomic mass is 9.96. The van der Waals surface area contributed by atoms with Gasteiger partial charge in [-0.1, -0.05) is 11.6 Å². The van der Waals surface area contributed by atoms with Gasteiger partial charge in [-0.05, 0) is 50.0 Å². The van der Waals surface area contributed by atoms with Crippen LogP contribution in [0.1, 0.15) is 36.0 Å². The summed E-state index contributed by atoms with van der Waals surface area (Å²) < 4.78 is 39.8. The zero-order valence-corrected chi connectivity index (χ0v) is 16.7. The molecule has 1 amide bonds. The van der Waals surface area contributed by atoms with Crippen molar-refractivity contribution in [3.63, 3.8) is 0 Å². The summed E-state index contributed by atoms with van der Waals surface area (Å²) in [5.74, 6) is -2.94. The van der Waals surface area contributed by atoms with Gasteiger partial charge in [0.1, 0.15) is 5.82 Å². The third-order valence-electron chi connectivity index (χ3n) is 5.70. The molecule has 2 aliphatic heterocycles. The standard InChI is InChI=1S/C20H27ClF3N3O/c21-17-11-16(12-18(22)13-17)19(28)25-14-15-1-5-26(6-2-15)9-10-27-7-3-20(23,24)4-8-27/h11-13,15H,1-10,14H2,(H,25,28). The van der Waals surface area contributed by atoms with E-state index in [4.69, 9.17) is 11.6 Å². The predicted molar refractivity (Wildman–Crippen MR) is 104 cm³/mol. The summed E-state index contributed by atoms with van der Waals surface area (Å²) in [6.45, 7) is 5.11. The molecule has 0 bridgehead atoms. The van der Waals surface area contributed by atoms with E-state index in [-0.39, 0.29) is 29.3 Å². The SMILES string of the molecule is O=C(NCC1CCN(CCN2CCC(F)(F)CC2)CC1)c1cc(F)cc(Cl)c1. The van der Waals surface area contributed by atoms with E-state index in [1.165, 1.54) is 18.2 Å². The summed E-state index contributed by atoms with van der Waals surface area (Å²) >= 11 is 5.79. The van der Waals surface area contributed by atoms with Crippen molar-refractivity contribution >= 4 is 17.5 Å². The van der Waals surface area contributed by atoms with Gasteiger partial charge in [-0.2, -0.15) is 0 Å². The quantitative estimate of drug-likeness (QED) is 0.767. The van der Waals surface area contributed by atoms with Crippen molar-refractivity contribution in [3.8, 4) is 0 Å². The Balaban J connectivity index is 1.33. The van der Waals surface area contributed by atoms with Crippen LogP contribution >= 0.6 is 11.6 Å². The van der Waals surface area contributed by atoms with Crippen LogP contribution in [0.25, 0.3) is 0 Å². The molecule has 8 heteroatoms. The number of likely N-dealkylation sites (tertiary alicyclic amines) is 2. The van der Waals surface area contributed by atoms with Crippen LogP contribution in [0.2, 0.25) is 5.02 Å². The Hall–Kier alpha value is -1.31. The number of benzene rings is 1. The highest BCUT2D eigenvalue weighted by Crippen LogP contribution is 2.27. The highest BCUT2D eigenvalue weighted by Gasteiger charge is 2.33. The van der Waals surface area contributed by atoms with Crippen LogP contribution < -0.4 is 5.32 Å². The summed E-state index contributed by atoms with van der Waals surface area (Å²) in [5.41, 5.74) is 0.231. The van der Waals surface area contributed by atoms with Gasteiger partial charge in [0.05, 0.1) is 0 Å². The van der Waals surface area contributed by atoms with Gasteiger partial charge >= 0.3 is 0 Å². The van der Waals surface area contributed by atoms with Crippen molar-refractivity contribution in [1.29, 1.82) is 0 Å². The van der Waals surface area contributed by atoms with E-state index in [2.05, 4.69) is 15.1 Å². The second-order valence-corrected chi connectivity index (χ2v) is 8.29. The molecule has 4 nitrogen and oxygen atoms in total. The van der Waals surface area contributed by atoms with E-state index in [1.54, 1.807) is 0 Å². The molecule has 156 valence electrons. The van der Waals surface area contributed by atoms with Gasteiger partial charge in [-0.15, -0.1) is 0 Å². The highest BCUT2D eigenvalue weighted by molar-refractivity contribution is 6.31. The Kier molecular flexibility index (Phi) is 7.23. The van der Waals surface area contributed by atoms with E-state index in [1.807, 2.05) is 0 Å². The molecule has 1 N–H and O–H groups in total. The fourth-order valence-corrected chi connectivity index (χ4v) is 4.05. The summed E-state index contributed by atoms with van der Waals surface area (Å²) in [7, 11) is 0. The molecule has 2 fully saturated rings. The normalized spacial score (nSPS) is 21.6. The number of halogens is 4. The number of hydrogen-bond acceptors (Lipinski definition) is 3. The van der Waals surface area contributed by atoms with E-state index in [0.717, 1.165) is 39.0 Å². The molecule has 3 rings (SSSR count). The van der Waals surface area contributed by atoms with Gasteiger partial charge in [0, 0.05) is 56.2 Å². The number of carbonyl (C=O) groups excluding carboxylic acids is 1. The van der Waals surface area contributed by atoms with E-state index in [9.17, 15) is 18.0 Å². The zero-order chi connectivity index (χ0) is 20.1. The van der Waals surface area contributed by atoms with Crippen LogP contribution in [0.15, 0.2) is 18.2 Å². The lowest BCUT2D eigenvalue weighted by molar-refractivity contribution is -0.0562. The van der Waals surface area contributed by atoms with Gasteiger partial charge in [0.15, 0.2) is 0 Å². The molecule has 2 saturated heterocycles. The zero-order valence-electron chi connectivity index (χ0n) is 15.9. The number of carbonyl (C=O) groups is 1. The third kappa shape index (κ3) is 6.36. The lowest BCUT2D eigenvalue weighted by Gasteiger charge is -2.36. The second-order valence-electron chi connectivity index (χ2n) is 7.85. The van der Waals surface area contributed by atoms with Crippen LogP contribution in [0.5, 0.6) is 0 Å². The number of amides is 1. The maximum atomic E-state index is 13.4. The molecular formula is C20H27ClF3N3O. The van der Waals surface area contributed by atoms with Gasteiger partial charge < -0.3 is 15.1 Å². The first kappa shape index (κ1) is 21.4. The number of nitrogens with zero attached hydrogens (tertiary/aromatic N) is 2. The van der Waals surface area contributed by atoms with Gasteiger partial charge in [0.25, 0.3) is 11.8 Å².